The van der Waals surface area contributed by atoms with Crippen LogP contribution < -0.4 is 10.1 Å². The van der Waals surface area contributed by atoms with E-state index in [4.69, 9.17) is 4.74 Å². The maximum atomic E-state index is 5.61. The first kappa shape index (κ1) is 15.6. The lowest BCUT2D eigenvalue weighted by atomic mass is 10.1. The van der Waals surface area contributed by atoms with Gasteiger partial charge in [0.2, 0.25) is 0 Å². The van der Waals surface area contributed by atoms with E-state index in [1.165, 1.54) is 16.7 Å². The number of hydrogen-bond donors (Lipinski definition) is 1. The zero-order valence-electron chi connectivity index (χ0n) is 13.2. The fraction of sp³-hybridized carbons (Fsp3) is 0.368. The van der Waals surface area contributed by atoms with Crippen molar-refractivity contribution in [3.05, 3.63) is 65.2 Å². The van der Waals surface area contributed by atoms with Crippen LogP contribution >= 0.6 is 0 Å². The van der Waals surface area contributed by atoms with E-state index in [1.807, 2.05) is 0 Å². The van der Waals surface area contributed by atoms with Crippen molar-refractivity contribution in [2.75, 3.05) is 6.61 Å². The molecule has 2 aromatic rings. The van der Waals surface area contributed by atoms with Crippen LogP contribution in [0.5, 0.6) is 5.75 Å². The van der Waals surface area contributed by atoms with Gasteiger partial charge in [0, 0.05) is 12.6 Å². The number of aryl methyl sites for hydroxylation is 1. The second kappa shape index (κ2) is 7.84. The highest BCUT2D eigenvalue weighted by atomic mass is 16.5. The molecule has 1 unspecified atom stereocenters. The first-order valence-electron chi connectivity index (χ1n) is 7.70. The summed E-state index contributed by atoms with van der Waals surface area (Å²) in [6.07, 6.45) is 1.04. The molecule has 0 aliphatic carbocycles. The minimum atomic E-state index is 0.325. The van der Waals surface area contributed by atoms with Crippen molar-refractivity contribution < 1.29 is 4.74 Å². The average molecular weight is 283 g/mol. The van der Waals surface area contributed by atoms with Crippen LogP contribution in [0.4, 0.5) is 0 Å². The molecule has 2 rings (SSSR count). The molecular formula is C19H25NO. The van der Waals surface area contributed by atoms with E-state index in [1.54, 1.807) is 0 Å². The molecule has 0 heterocycles. The van der Waals surface area contributed by atoms with Crippen LogP contribution in [0.15, 0.2) is 48.5 Å². The third-order valence-corrected chi connectivity index (χ3v) is 3.59. The standard InChI is InChI=1S/C19H25NO/c1-4-13-21-19-11-9-18(10-12-19)16(3)20-14-17-7-5-15(2)6-8-17/h5-12,16,20H,4,13-14H2,1-3H3. The Kier molecular flexibility index (Phi) is 5.82. The second-order valence-corrected chi connectivity index (χ2v) is 5.51. The van der Waals surface area contributed by atoms with E-state index in [0.29, 0.717) is 6.04 Å². The van der Waals surface area contributed by atoms with E-state index >= 15 is 0 Å². The van der Waals surface area contributed by atoms with E-state index in [-0.39, 0.29) is 0 Å². The van der Waals surface area contributed by atoms with Crippen molar-refractivity contribution in [1.29, 1.82) is 0 Å². The quantitative estimate of drug-likeness (QED) is 0.799. The van der Waals surface area contributed by atoms with Crippen molar-refractivity contribution in [1.82, 2.24) is 5.32 Å². The summed E-state index contributed by atoms with van der Waals surface area (Å²) in [7, 11) is 0. The highest BCUT2D eigenvalue weighted by Crippen LogP contribution is 2.18. The molecular weight excluding hydrogens is 258 g/mol. The maximum absolute atomic E-state index is 5.61. The fourth-order valence-electron chi connectivity index (χ4n) is 2.17. The molecule has 112 valence electrons. The molecule has 2 aromatic carbocycles. The molecule has 1 atom stereocenters. The van der Waals surface area contributed by atoms with Crippen LogP contribution in [0.25, 0.3) is 0 Å². The summed E-state index contributed by atoms with van der Waals surface area (Å²) in [5.41, 5.74) is 3.90. The molecule has 0 bridgehead atoms. The predicted octanol–water partition coefficient (Wildman–Crippen LogP) is 4.63. The highest BCUT2D eigenvalue weighted by Gasteiger charge is 2.05. The zero-order chi connectivity index (χ0) is 15.1. The number of rotatable bonds is 7. The van der Waals surface area contributed by atoms with Crippen molar-refractivity contribution in [3.63, 3.8) is 0 Å². The van der Waals surface area contributed by atoms with Gasteiger partial charge in [-0.3, -0.25) is 0 Å². The Bertz CT molecular complexity index is 530. The normalized spacial score (nSPS) is 12.1. The van der Waals surface area contributed by atoms with Gasteiger partial charge in [0.1, 0.15) is 5.75 Å². The first-order chi connectivity index (χ1) is 10.2. The monoisotopic (exact) mass is 283 g/mol. The Morgan fingerprint density at radius 2 is 1.67 bits per heavy atom. The lowest BCUT2D eigenvalue weighted by molar-refractivity contribution is 0.317. The highest BCUT2D eigenvalue weighted by molar-refractivity contribution is 5.29. The second-order valence-electron chi connectivity index (χ2n) is 5.51. The van der Waals surface area contributed by atoms with Crippen LogP contribution in [-0.4, -0.2) is 6.61 Å². The average Bonchev–Trinajstić information content (AvgIpc) is 2.52. The SMILES string of the molecule is CCCOc1ccc(C(C)NCc2ccc(C)cc2)cc1. The molecule has 0 aliphatic rings. The van der Waals surface area contributed by atoms with Gasteiger partial charge < -0.3 is 10.1 Å². The summed E-state index contributed by atoms with van der Waals surface area (Å²) >= 11 is 0. The summed E-state index contributed by atoms with van der Waals surface area (Å²) < 4.78 is 5.61. The number of hydrogen-bond acceptors (Lipinski definition) is 2. The van der Waals surface area contributed by atoms with E-state index in [0.717, 1.165) is 25.3 Å². The Balaban J connectivity index is 1.87. The smallest absolute Gasteiger partial charge is 0.119 e. The van der Waals surface area contributed by atoms with Gasteiger partial charge in [-0.15, -0.1) is 0 Å². The summed E-state index contributed by atoms with van der Waals surface area (Å²) in [6, 6.07) is 17.4. The van der Waals surface area contributed by atoms with Gasteiger partial charge in [-0.25, -0.2) is 0 Å². The van der Waals surface area contributed by atoms with E-state index < -0.39 is 0 Å². The van der Waals surface area contributed by atoms with Gasteiger partial charge >= 0.3 is 0 Å². The third kappa shape index (κ3) is 4.91. The predicted molar refractivity (Wildman–Crippen MR) is 88.7 cm³/mol. The van der Waals surface area contributed by atoms with Gasteiger partial charge in [-0.2, -0.15) is 0 Å². The van der Waals surface area contributed by atoms with Crippen LogP contribution in [-0.2, 0) is 6.54 Å². The molecule has 0 aliphatic heterocycles. The molecule has 0 spiro atoms. The van der Waals surface area contributed by atoms with Crippen molar-refractivity contribution >= 4 is 0 Å². The van der Waals surface area contributed by atoms with Crippen LogP contribution in [0.2, 0.25) is 0 Å². The van der Waals surface area contributed by atoms with Crippen molar-refractivity contribution in [3.8, 4) is 5.75 Å². The molecule has 0 saturated carbocycles. The summed E-state index contributed by atoms with van der Waals surface area (Å²) in [6.45, 7) is 8.08. The number of ether oxygens (including phenoxy) is 1. The van der Waals surface area contributed by atoms with Crippen molar-refractivity contribution in [2.45, 2.75) is 39.8 Å². The van der Waals surface area contributed by atoms with Crippen LogP contribution in [0.1, 0.15) is 43.0 Å². The third-order valence-electron chi connectivity index (χ3n) is 3.59. The minimum absolute atomic E-state index is 0.325. The number of benzene rings is 2. The Morgan fingerprint density at radius 3 is 2.29 bits per heavy atom. The Hall–Kier alpha value is -1.80. The molecule has 0 aromatic heterocycles. The summed E-state index contributed by atoms with van der Waals surface area (Å²) in [4.78, 5) is 0. The number of nitrogens with one attached hydrogen (secondary N) is 1. The Labute approximate surface area is 128 Å². The minimum Gasteiger partial charge on any atom is -0.494 e. The molecule has 0 fully saturated rings. The molecule has 0 radical (unpaired) electrons. The molecule has 21 heavy (non-hydrogen) atoms. The van der Waals surface area contributed by atoms with Gasteiger partial charge in [0.15, 0.2) is 0 Å². The van der Waals surface area contributed by atoms with Crippen LogP contribution in [0, 0.1) is 6.92 Å². The van der Waals surface area contributed by atoms with Gasteiger partial charge in [-0.05, 0) is 43.5 Å². The molecule has 2 nitrogen and oxygen atoms in total. The molecule has 2 heteroatoms. The van der Waals surface area contributed by atoms with E-state index in [9.17, 15) is 0 Å². The van der Waals surface area contributed by atoms with Gasteiger partial charge in [-0.1, -0.05) is 48.9 Å². The van der Waals surface area contributed by atoms with E-state index in [2.05, 4.69) is 74.6 Å². The first-order valence-corrected chi connectivity index (χ1v) is 7.70. The van der Waals surface area contributed by atoms with Crippen LogP contribution in [0.3, 0.4) is 0 Å². The fourth-order valence-corrected chi connectivity index (χ4v) is 2.17. The largest absolute Gasteiger partial charge is 0.494 e. The topological polar surface area (TPSA) is 21.3 Å². The van der Waals surface area contributed by atoms with Crippen molar-refractivity contribution in [2.24, 2.45) is 0 Å². The zero-order valence-corrected chi connectivity index (χ0v) is 13.2. The maximum Gasteiger partial charge on any atom is 0.119 e. The lowest BCUT2D eigenvalue weighted by Crippen LogP contribution is -2.18. The lowest BCUT2D eigenvalue weighted by Gasteiger charge is -2.15. The molecule has 0 saturated heterocycles. The summed E-state index contributed by atoms with van der Waals surface area (Å²) in [5.74, 6) is 0.950. The van der Waals surface area contributed by atoms with Gasteiger partial charge in [0.25, 0.3) is 0 Å². The summed E-state index contributed by atoms with van der Waals surface area (Å²) in [5, 5.41) is 3.56. The molecule has 1 N–H and O–H groups in total. The van der Waals surface area contributed by atoms with Gasteiger partial charge in [0.05, 0.1) is 6.61 Å². The Morgan fingerprint density at radius 1 is 1.00 bits per heavy atom. The molecule has 0 amide bonds.